The van der Waals surface area contributed by atoms with E-state index in [1.165, 1.54) is 0 Å². The molecule has 1 aliphatic rings. The Bertz CT molecular complexity index is 347. The Kier molecular flexibility index (Phi) is 2.27. The number of hydrogen-bond donors (Lipinski definition) is 1. The van der Waals surface area contributed by atoms with Gasteiger partial charge in [-0.05, 0) is 36.3 Å². The van der Waals surface area contributed by atoms with Gasteiger partial charge in [-0.1, -0.05) is 6.07 Å². The highest BCUT2D eigenvalue weighted by atomic mass is 32.2. The van der Waals surface area contributed by atoms with Crippen molar-refractivity contribution in [2.45, 2.75) is 17.7 Å². The van der Waals surface area contributed by atoms with Gasteiger partial charge in [0, 0.05) is 4.90 Å². The Labute approximate surface area is 81.0 Å². The molecule has 68 valence electrons. The van der Waals surface area contributed by atoms with E-state index in [4.69, 9.17) is 5.11 Å². The zero-order valence-electron chi connectivity index (χ0n) is 7.12. The van der Waals surface area contributed by atoms with Gasteiger partial charge in [0.1, 0.15) is 0 Å². The minimum absolute atomic E-state index is 0.477. The Balaban J connectivity index is 2.52. The van der Waals surface area contributed by atoms with E-state index >= 15 is 0 Å². The molecule has 1 heterocycles. The summed E-state index contributed by atoms with van der Waals surface area (Å²) < 4.78 is 0. The molecule has 0 spiro atoms. The molecular formula is C10H10O2S. The van der Waals surface area contributed by atoms with Gasteiger partial charge >= 0.3 is 5.97 Å². The van der Waals surface area contributed by atoms with E-state index in [2.05, 4.69) is 0 Å². The van der Waals surface area contributed by atoms with Crippen LogP contribution < -0.4 is 0 Å². The van der Waals surface area contributed by atoms with Crippen molar-refractivity contribution in [3.63, 3.8) is 0 Å². The summed E-state index contributed by atoms with van der Waals surface area (Å²) in [5.41, 5.74) is 1.50. The number of thioether (sulfide) groups is 1. The van der Waals surface area contributed by atoms with Crippen LogP contribution >= 0.6 is 11.8 Å². The van der Waals surface area contributed by atoms with Crippen molar-refractivity contribution in [1.82, 2.24) is 0 Å². The molecule has 3 heteroatoms. The Morgan fingerprint density at radius 1 is 1.46 bits per heavy atom. The molecule has 0 fully saturated rings. The molecule has 13 heavy (non-hydrogen) atoms. The number of fused-ring (bicyclic) bond motifs is 1. The Morgan fingerprint density at radius 3 is 3.08 bits per heavy atom. The highest BCUT2D eigenvalue weighted by Gasteiger charge is 2.16. The Morgan fingerprint density at radius 2 is 2.31 bits per heavy atom. The third-order valence-electron chi connectivity index (χ3n) is 2.19. The minimum atomic E-state index is -0.806. The number of carboxylic acid groups (broad SMARTS) is 1. The zero-order valence-corrected chi connectivity index (χ0v) is 7.93. The molecule has 0 atom stereocenters. The van der Waals surface area contributed by atoms with Gasteiger partial charge in [0.15, 0.2) is 0 Å². The lowest BCUT2D eigenvalue weighted by Crippen LogP contribution is -2.07. The monoisotopic (exact) mass is 194 g/mol. The average Bonchev–Trinajstić information content (AvgIpc) is 2.17. The Hall–Kier alpha value is -0.960. The number of carboxylic acids is 1. The van der Waals surface area contributed by atoms with Crippen molar-refractivity contribution in [1.29, 1.82) is 0 Å². The van der Waals surface area contributed by atoms with E-state index in [1.807, 2.05) is 12.1 Å². The zero-order chi connectivity index (χ0) is 9.26. The fraction of sp³-hybridized carbons (Fsp3) is 0.300. The maximum atomic E-state index is 10.9. The van der Waals surface area contributed by atoms with E-state index in [0.717, 1.165) is 29.1 Å². The molecule has 1 aromatic rings. The van der Waals surface area contributed by atoms with Gasteiger partial charge in [0.25, 0.3) is 0 Å². The second kappa shape index (κ2) is 3.42. The molecule has 2 nitrogen and oxygen atoms in total. The maximum Gasteiger partial charge on any atom is 0.336 e. The molecule has 1 N–H and O–H groups in total. The summed E-state index contributed by atoms with van der Waals surface area (Å²) in [4.78, 5) is 12.0. The first kappa shape index (κ1) is 8.63. The highest BCUT2D eigenvalue weighted by molar-refractivity contribution is 7.99. The summed E-state index contributed by atoms with van der Waals surface area (Å²) in [5, 5.41) is 8.93. The SMILES string of the molecule is O=C(O)c1cccc2c1CCCS2. The fourth-order valence-electron chi connectivity index (χ4n) is 1.59. The smallest absolute Gasteiger partial charge is 0.336 e. The first-order chi connectivity index (χ1) is 6.29. The van der Waals surface area contributed by atoms with Crippen LogP contribution in [0.1, 0.15) is 22.3 Å². The van der Waals surface area contributed by atoms with E-state index in [1.54, 1.807) is 17.8 Å². The van der Waals surface area contributed by atoms with Gasteiger partial charge in [0.2, 0.25) is 0 Å². The summed E-state index contributed by atoms with van der Waals surface area (Å²) >= 11 is 1.76. The van der Waals surface area contributed by atoms with Gasteiger partial charge in [-0.3, -0.25) is 0 Å². The summed E-state index contributed by atoms with van der Waals surface area (Å²) in [7, 11) is 0. The molecule has 0 bridgehead atoms. The van der Waals surface area contributed by atoms with Gasteiger partial charge in [-0.25, -0.2) is 4.79 Å². The van der Waals surface area contributed by atoms with Gasteiger partial charge in [-0.2, -0.15) is 0 Å². The number of aromatic carboxylic acids is 1. The van der Waals surface area contributed by atoms with Crippen molar-refractivity contribution >= 4 is 17.7 Å². The summed E-state index contributed by atoms with van der Waals surface area (Å²) in [6, 6.07) is 5.51. The molecule has 1 aliphatic heterocycles. The molecule has 0 unspecified atom stereocenters. The lowest BCUT2D eigenvalue weighted by Gasteiger charge is -2.16. The molecule has 0 saturated carbocycles. The van der Waals surface area contributed by atoms with Crippen molar-refractivity contribution in [2.24, 2.45) is 0 Å². The summed E-state index contributed by atoms with van der Waals surface area (Å²) in [6.45, 7) is 0. The van der Waals surface area contributed by atoms with Crippen LogP contribution in [-0.2, 0) is 6.42 Å². The molecule has 0 aromatic heterocycles. The fourth-order valence-corrected chi connectivity index (χ4v) is 2.66. The van der Waals surface area contributed by atoms with E-state index in [9.17, 15) is 4.79 Å². The van der Waals surface area contributed by atoms with Crippen LogP contribution in [0.15, 0.2) is 23.1 Å². The van der Waals surface area contributed by atoms with Crippen LogP contribution in [-0.4, -0.2) is 16.8 Å². The van der Waals surface area contributed by atoms with Crippen molar-refractivity contribution in [3.05, 3.63) is 29.3 Å². The normalized spacial score (nSPS) is 15.1. The van der Waals surface area contributed by atoms with Crippen LogP contribution in [0.3, 0.4) is 0 Å². The number of hydrogen-bond acceptors (Lipinski definition) is 2. The van der Waals surface area contributed by atoms with Crippen molar-refractivity contribution in [2.75, 3.05) is 5.75 Å². The van der Waals surface area contributed by atoms with Crippen molar-refractivity contribution < 1.29 is 9.90 Å². The van der Waals surface area contributed by atoms with Crippen LogP contribution in [0.25, 0.3) is 0 Å². The van der Waals surface area contributed by atoms with Gasteiger partial charge in [0.05, 0.1) is 5.56 Å². The summed E-state index contributed by atoms with van der Waals surface area (Å²) in [5.74, 6) is 0.301. The molecule has 2 rings (SSSR count). The summed E-state index contributed by atoms with van der Waals surface area (Å²) in [6.07, 6.45) is 1.99. The van der Waals surface area contributed by atoms with E-state index in [-0.39, 0.29) is 0 Å². The van der Waals surface area contributed by atoms with Crippen LogP contribution in [0, 0.1) is 0 Å². The van der Waals surface area contributed by atoms with Crippen LogP contribution in [0.5, 0.6) is 0 Å². The molecule has 0 aliphatic carbocycles. The lowest BCUT2D eigenvalue weighted by atomic mass is 10.0. The van der Waals surface area contributed by atoms with Gasteiger partial charge in [-0.15, -0.1) is 11.8 Å². The largest absolute Gasteiger partial charge is 0.478 e. The maximum absolute atomic E-state index is 10.9. The number of rotatable bonds is 1. The quantitative estimate of drug-likeness (QED) is 0.746. The minimum Gasteiger partial charge on any atom is -0.478 e. The van der Waals surface area contributed by atoms with Crippen LogP contribution in [0.4, 0.5) is 0 Å². The first-order valence-corrected chi connectivity index (χ1v) is 5.25. The second-order valence-corrected chi connectivity index (χ2v) is 4.18. The van der Waals surface area contributed by atoms with Crippen molar-refractivity contribution in [3.8, 4) is 0 Å². The molecule has 0 saturated heterocycles. The molecule has 0 amide bonds. The third-order valence-corrected chi connectivity index (χ3v) is 3.38. The highest BCUT2D eigenvalue weighted by Crippen LogP contribution is 2.31. The first-order valence-electron chi connectivity index (χ1n) is 4.27. The molecule has 1 aromatic carbocycles. The number of carbonyl (C=O) groups is 1. The third kappa shape index (κ3) is 1.56. The van der Waals surface area contributed by atoms with Gasteiger partial charge < -0.3 is 5.11 Å². The standard InChI is InChI=1S/C10H10O2S/c11-10(12)8-3-1-5-9-7(8)4-2-6-13-9/h1,3,5H,2,4,6H2,(H,11,12). The second-order valence-electron chi connectivity index (χ2n) is 3.04. The topological polar surface area (TPSA) is 37.3 Å². The average molecular weight is 194 g/mol. The lowest BCUT2D eigenvalue weighted by molar-refractivity contribution is 0.0695. The van der Waals surface area contributed by atoms with Crippen LogP contribution in [0.2, 0.25) is 0 Å². The molecule has 0 radical (unpaired) electrons. The predicted octanol–water partition coefficient (Wildman–Crippen LogP) is 2.42. The number of benzene rings is 1. The predicted molar refractivity (Wildman–Crippen MR) is 52.4 cm³/mol. The van der Waals surface area contributed by atoms with E-state index in [0.29, 0.717) is 5.56 Å². The molecular weight excluding hydrogens is 184 g/mol. The van der Waals surface area contributed by atoms with E-state index < -0.39 is 5.97 Å².